The van der Waals surface area contributed by atoms with Gasteiger partial charge in [-0.15, -0.1) is 0 Å². The SMILES string of the molecule is CC1(C)CCCC1C(=O)N1CCN(CCCN)CC1. The van der Waals surface area contributed by atoms with Crippen LogP contribution in [0.15, 0.2) is 0 Å². The van der Waals surface area contributed by atoms with E-state index in [1.54, 1.807) is 0 Å². The molecule has 0 aromatic rings. The molecule has 110 valence electrons. The number of rotatable bonds is 4. The van der Waals surface area contributed by atoms with Crippen molar-refractivity contribution in [2.45, 2.75) is 39.5 Å². The number of amides is 1. The third-order valence-electron chi connectivity index (χ3n) is 4.92. The molecule has 1 heterocycles. The van der Waals surface area contributed by atoms with Gasteiger partial charge in [0.1, 0.15) is 0 Å². The second-order valence-corrected chi connectivity index (χ2v) is 6.74. The van der Waals surface area contributed by atoms with Gasteiger partial charge in [0, 0.05) is 32.1 Å². The molecule has 1 saturated heterocycles. The Hall–Kier alpha value is -0.610. The summed E-state index contributed by atoms with van der Waals surface area (Å²) < 4.78 is 0. The molecular formula is C15H29N3O. The molecule has 0 bridgehead atoms. The zero-order valence-electron chi connectivity index (χ0n) is 12.5. The fourth-order valence-electron chi connectivity index (χ4n) is 3.51. The van der Waals surface area contributed by atoms with Crippen LogP contribution >= 0.6 is 0 Å². The first-order valence-corrected chi connectivity index (χ1v) is 7.76. The van der Waals surface area contributed by atoms with Crippen molar-refractivity contribution in [2.75, 3.05) is 39.3 Å². The summed E-state index contributed by atoms with van der Waals surface area (Å²) in [6.07, 6.45) is 4.54. The van der Waals surface area contributed by atoms with Crippen molar-refractivity contribution in [3.63, 3.8) is 0 Å². The maximum atomic E-state index is 12.6. The van der Waals surface area contributed by atoms with Crippen molar-refractivity contribution in [3.05, 3.63) is 0 Å². The Kier molecular flexibility index (Phi) is 4.85. The van der Waals surface area contributed by atoms with Crippen LogP contribution in [0.3, 0.4) is 0 Å². The number of carbonyl (C=O) groups is 1. The third-order valence-corrected chi connectivity index (χ3v) is 4.92. The van der Waals surface area contributed by atoms with Crippen molar-refractivity contribution >= 4 is 5.91 Å². The molecule has 1 aliphatic carbocycles. The minimum absolute atomic E-state index is 0.202. The molecule has 4 nitrogen and oxygen atoms in total. The van der Waals surface area contributed by atoms with Gasteiger partial charge >= 0.3 is 0 Å². The minimum atomic E-state index is 0.202. The van der Waals surface area contributed by atoms with Gasteiger partial charge in [-0.1, -0.05) is 20.3 Å². The molecule has 2 rings (SSSR count). The Labute approximate surface area is 117 Å². The number of hydrogen-bond acceptors (Lipinski definition) is 3. The Morgan fingerprint density at radius 2 is 1.95 bits per heavy atom. The van der Waals surface area contributed by atoms with Crippen LogP contribution in [0.2, 0.25) is 0 Å². The van der Waals surface area contributed by atoms with E-state index >= 15 is 0 Å². The number of hydrogen-bond donors (Lipinski definition) is 1. The van der Waals surface area contributed by atoms with Crippen LogP contribution in [-0.4, -0.2) is 55.0 Å². The van der Waals surface area contributed by atoms with Crippen molar-refractivity contribution in [3.8, 4) is 0 Å². The van der Waals surface area contributed by atoms with E-state index in [0.29, 0.717) is 5.91 Å². The van der Waals surface area contributed by atoms with Gasteiger partial charge in [0.25, 0.3) is 0 Å². The molecule has 4 heteroatoms. The van der Waals surface area contributed by atoms with Crippen LogP contribution in [0.25, 0.3) is 0 Å². The van der Waals surface area contributed by atoms with Gasteiger partial charge in [-0.2, -0.15) is 0 Å². The molecule has 19 heavy (non-hydrogen) atoms. The first-order chi connectivity index (χ1) is 9.04. The second-order valence-electron chi connectivity index (χ2n) is 6.74. The van der Waals surface area contributed by atoms with Crippen molar-refractivity contribution in [1.29, 1.82) is 0 Å². The van der Waals surface area contributed by atoms with Gasteiger partial charge in [-0.25, -0.2) is 0 Å². The summed E-state index contributed by atoms with van der Waals surface area (Å²) in [6.45, 7) is 10.2. The number of carbonyl (C=O) groups excluding carboxylic acids is 1. The van der Waals surface area contributed by atoms with E-state index in [0.717, 1.165) is 52.1 Å². The zero-order valence-corrected chi connectivity index (χ0v) is 12.5. The van der Waals surface area contributed by atoms with Crippen LogP contribution in [0.5, 0.6) is 0 Å². The highest BCUT2D eigenvalue weighted by molar-refractivity contribution is 5.80. The lowest BCUT2D eigenvalue weighted by Crippen LogP contribution is -2.51. The molecule has 1 saturated carbocycles. The van der Waals surface area contributed by atoms with Gasteiger partial charge in [0.05, 0.1) is 0 Å². The Bertz CT molecular complexity index is 309. The molecule has 0 spiro atoms. The number of piperazine rings is 1. The molecule has 1 atom stereocenters. The summed E-state index contributed by atoms with van der Waals surface area (Å²) in [4.78, 5) is 17.1. The van der Waals surface area contributed by atoms with Crippen LogP contribution in [0, 0.1) is 11.3 Å². The molecule has 2 N–H and O–H groups in total. The van der Waals surface area contributed by atoms with Gasteiger partial charge in [0.15, 0.2) is 0 Å². The maximum Gasteiger partial charge on any atom is 0.226 e. The second kappa shape index (κ2) is 6.23. The lowest BCUT2D eigenvalue weighted by Gasteiger charge is -2.38. The predicted octanol–water partition coefficient (Wildman–Crippen LogP) is 1.31. The molecule has 2 aliphatic rings. The highest BCUT2D eigenvalue weighted by atomic mass is 16.2. The van der Waals surface area contributed by atoms with Crippen molar-refractivity contribution in [2.24, 2.45) is 17.1 Å². The Morgan fingerprint density at radius 1 is 1.26 bits per heavy atom. The van der Waals surface area contributed by atoms with E-state index in [-0.39, 0.29) is 11.3 Å². The van der Waals surface area contributed by atoms with E-state index in [9.17, 15) is 4.79 Å². The van der Waals surface area contributed by atoms with E-state index < -0.39 is 0 Å². The molecule has 1 unspecified atom stereocenters. The minimum Gasteiger partial charge on any atom is -0.340 e. The van der Waals surface area contributed by atoms with Crippen LogP contribution < -0.4 is 5.73 Å². The zero-order chi connectivity index (χ0) is 13.9. The standard InChI is InChI=1S/C15H29N3O/c1-15(2)6-3-5-13(15)14(19)18-11-9-17(10-12-18)8-4-7-16/h13H,3-12,16H2,1-2H3. The van der Waals surface area contributed by atoms with Crippen LogP contribution in [0.4, 0.5) is 0 Å². The summed E-state index contributed by atoms with van der Waals surface area (Å²) in [5.74, 6) is 0.657. The smallest absolute Gasteiger partial charge is 0.226 e. The van der Waals surface area contributed by atoms with Crippen LogP contribution in [-0.2, 0) is 4.79 Å². The summed E-state index contributed by atoms with van der Waals surface area (Å²) in [6, 6.07) is 0. The first kappa shape index (κ1) is 14.8. The predicted molar refractivity (Wildman–Crippen MR) is 77.8 cm³/mol. The quantitative estimate of drug-likeness (QED) is 0.835. The third kappa shape index (κ3) is 3.48. The molecule has 1 aliphatic heterocycles. The Morgan fingerprint density at radius 3 is 2.47 bits per heavy atom. The van der Waals surface area contributed by atoms with Gasteiger partial charge in [-0.3, -0.25) is 9.69 Å². The van der Waals surface area contributed by atoms with E-state index in [4.69, 9.17) is 5.73 Å². The van der Waals surface area contributed by atoms with E-state index in [1.165, 1.54) is 12.8 Å². The molecule has 2 fully saturated rings. The molecule has 0 radical (unpaired) electrons. The summed E-state index contributed by atoms with van der Waals surface area (Å²) in [7, 11) is 0. The fraction of sp³-hybridized carbons (Fsp3) is 0.933. The average molecular weight is 267 g/mol. The lowest BCUT2D eigenvalue weighted by molar-refractivity contribution is -0.140. The van der Waals surface area contributed by atoms with Crippen LogP contribution in [0.1, 0.15) is 39.5 Å². The summed E-state index contributed by atoms with van der Waals surface area (Å²) in [5, 5.41) is 0. The van der Waals surface area contributed by atoms with Gasteiger partial charge in [0.2, 0.25) is 5.91 Å². The molecule has 0 aromatic carbocycles. The maximum absolute atomic E-state index is 12.6. The molecule has 0 aromatic heterocycles. The van der Waals surface area contributed by atoms with Gasteiger partial charge in [-0.05, 0) is 37.8 Å². The normalized spacial score (nSPS) is 27.7. The van der Waals surface area contributed by atoms with E-state index in [2.05, 4.69) is 23.6 Å². The number of nitrogens with zero attached hydrogens (tertiary/aromatic N) is 2. The first-order valence-electron chi connectivity index (χ1n) is 7.76. The van der Waals surface area contributed by atoms with Gasteiger partial charge < -0.3 is 10.6 Å². The molecule has 1 amide bonds. The highest BCUT2D eigenvalue weighted by Crippen LogP contribution is 2.43. The van der Waals surface area contributed by atoms with Crippen molar-refractivity contribution in [1.82, 2.24) is 9.80 Å². The topological polar surface area (TPSA) is 49.6 Å². The summed E-state index contributed by atoms with van der Waals surface area (Å²) >= 11 is 0. The lowest BCUT2D eigenvalue weighted by atomic mass is 9.81. The Balaban J connectivity index is 1.82. The average Bonchev–Trinajstić information content (AvgIpc) is 2.76. The van der Waals surface area contributed by atoms with E-state index in [1.807, 2.05) is 0 Å². The highest BCUT2D eigenvalue weighted by Gasteiger charge is 2.41. The molecular weight excluding hydrogens is 238 g/mol. The fourth-order valence-corrected chi connectivity index (χ4v) is 3.51. The largest absolute Gasteiger partial charge is 0.340 e. The monoisotopic (exact) mass is 267 g/mol. The van der Waals surface area contributed by atoms with Crippen molar-refractivity contribution < 1.29 is 4.79 Å². The number of nitrogens with two attached hydrogens (primary N) is 1. The summed E-state index contributed by atoms with van der Waals surface area (Å²) in [5.41, 5.74) is 5.74.